The van der Waals surface area contributed by atoms with E-state index in [-0.39, 0.29) is 49.3 Å². The number of nitrogens with one attached hydrogen (secondary N) is 2. The van der Waals surface area contributed by atoms with Crippen LogP contribution in [0.1, 0.15) is 51.1 Å². The first-order valence-electron chi connectivity index (χ1n) is 11.5. The summed E-state index contributed by atoms with van der Waals surface area (Å²) in [7, 11) is 0. The maximum absolute atomic E-state index is 13.6. The maximum atomic E-state index is 13.6. The van der Waals surface area contributed by atoms with E-state index in [2.05, 4.69) is 15.6 Å². The fraction of sp³-hybridized carbons (Fsp3) is 0.440. The molecule has 1 saturated heterocycles. The molecule has 2 heterocycles. The molecular weight excluding hydrogens is 439 g/mol. The quantitative estimate of drug-likeness (QED) is 0.555. The molecular formula is C25H31FN4O4. The lowest BCUT2D eigenvalue weighted by Crippen LogP contribution is -2.48. The zero-order valence-electron chi connectivity index (χ0n) is 19.5. The topological polar surface area (TPSA) is 101 Å². The summed E-state index contributed by atoms with van der Waals surface area (Å²) in [6.45, 7) is 4.45. The van der Waals surface area contributed by atoms with Crippen molar-refractivity contribution in [2.75, 3.05) is 18.5 Å². The lowest BCUT2D eigenvalue weighted by atomic mass is 10.0. The monoisotopic (exact) mass is 470 g/mol. The Morgan fingerprint density at radius 3 is 2.53 bits per heavy atom. The number of aromatic nitrogens is 1. The zero-order valence-corrected chi connectivity index (χ0v) is 19.5. The fourth-order valence-corrected chi connectivity index (χ4v) is 3.85. The molecule has 1 fully saturated rings. The number of hydrogen-bond donors (Lipinski definition) is 2. The van der Waals surface area contributed by atoms with Crippen molar-refractivity contribution in [1.82, 2.24) is 15.2 Å². The van der Waals surface area contributed by atoms with Gasteiger partial charge in [-0.2, -0.15) is 0 Å². The molecule has 8 nitrogen and oxygen atoms in total. The van der Waals surface area contributed by atoms with Crippen molar-refractivity contribution in [2.45, 2.75) is 57.7 Å². The molecule has 0 radical (unpaired) electrons. The van der Waals surface area contributed by atoms with Crippen LogP contribution in [0.5, 0.6) is 0 Å². The highest BCUT2D eigenvalue weighted by Gasteiger charge is 2.34. The van der Waals surface area contributed by atoms with E-state index in [9.17, 15) is 18.8 Å². The van der Waals surface area contributed by atoms with Crippen molar-refractivity contribution in [2.24, 2.45) is 0 Å². The van der Waals surface area contributed by atoms with Crippen molar-refractivity contribution < 1.29 is 23.5 Å². The second kappa shape index (κ2) is 12.2. The number of rotatable bonds is 10. The van der Waals surface area contributed by atoms with Crippen LogP contribution in [0.25, 0.3) is 0 Å². The van der Waals surface area contributed by atoms with Crippen LogP contribution in [-0.2, 0) is 19.1 Å². The summed E-state index contributed by atoms with van der Waals surface area (Å²) in [4.78, 5) is 44.5. The Bertz CT molecular complexity index is 963. The summed E-state index contributed by atoms with van der Waals surface area (Å²) >= 11 is 0. The summed E-state index contributed by atoms with van der Waals surface area (Å²) in [5.41, 5.74) is 0.490. The Hall–Kier alpha value is -3.33. The zero-order chi connectivity index (χ0) is 24.5. The molecule has 1 aromatic carbocycles. The van der Waals surface area contributed by atoms with Gasteiger partial charge in [0, 0.05) is 38.2 Å². The number of carbonyl (C=O) groups excluding carboxylic acids is 3. The van der Waals surface area contributed by atoms with Crippen LogP contribution >= 0.6 is 0 Å². The second-order valence-electron chi connectivity index (χ2n) is 8.56. The Labute approximate surface area is 198 Å². The van der Waals surface area contributed by atoms with Crippen molar-refractivity contribution in [3.63, 3.8) is 0 Å². The van der Waals surface area contributed by atoms with E-state index in [4.69, 9.17) is 4.74 Å². The molecule has 0 unspecified atom stereocenters. The normalized spacial score (nSPS) is 16.2. The largest absolute Gasteiger partial charge is 0.376 e. The van der Waals surface area contributed by atoms with Gasteiger partial charge in [0.25, 0.3) is 0 Å². The Morgan fingerprint density at radius 2 is 1.91 bits per heavy atom. The third kappa shape index (κ3) is 7.34. The van der Waals surface area contributed by atoms with E-state index in [1.807, 2.05) is 13.8 Å². The number of anilines is 1. The van der Waals surface area contributed by atoms with Crippen LogP contribution in [0.2, 0.25) is 0 Å². The van der Waals surface area contributed by atoms with Gasteiger partial charge in [0.1, 0.15) is 17.7 Å². The van der Waals surface area contributed by atoms with E-state index in [1.54, 1.807) is 24.4 Å². The van der Waals surface area contributed by atoms with Crippen molar-refractivity contribution >= 4 is 23.5 Å². The maximum Gasteiger partial charge on any atom is 0.247 e. The highest BCUT2D eigenvalue weighted by molar-refractivity contribution is 5.94. The summed E-state index contributed by atoms with van der Waals surface area (Å²) < 4.78 is 19.3. The number of hydrogen-bond acceptors (Lipinski definition) is 5. The van der Waals surface area contributed by atoms with Gasteiger partial charge in [0.15, 0.2) is 0 Å². The Kier molecular flexibility index (Phi) is 9.09. The molecule has 1 aromatic heterocycles. The van der Waals surface area contributed by atoms with Gasteiger partial charge in [0.05, 0.1) is 6.10 Å². The first kappa shape index (κ1) is 25.3. The van der Waals surface area contributed by atoms with Gasteiger partial charge >= 0.3 is 0 Å². The van der Waals surface area contributed by atoms with Crippen molar-refractivity contribution in [3.05, 3.63) is 60.0 Å². The predicted molar refractivity (Wildman–Crippen MR) is 125 cm³/mol. The molecule has 3 amide bonds. The van der Waals surface area contributed by atoms with Gasteiger partial charge in [-0.15, -0.1) is 0 Å². The molecule has 2 atom stereocenters. The average molecular weight is 471 g/mol. The molecule has 34 heavy (non-hydrogen) atoms. The Morgan fingerprint density at radius 1 is 1.15 bits per heavy atom. The van der Waals surface area contributed by atoms with E-state index >= 15 is 0 Å². The van der Waals surface area contributed by atoms with E-state index in [0.717, 1.165) is 12.8 Å². The van der Waals surface area contributed by atoms with Gasteiger partial charge in [-0.25, -0.2) is 9.37 Å². The number of halogens is 1. The highest BCUT2D eigenvalue weighted by atomic mass is 19.1. The second-order valence-corrected chi connectivity index (χ2v) is 8.56. The third-order valence-electron chi connectivity index (χ3n) is 5.42. The Balaban J connectivity index is 1.80. The lowest BCUT2D eigenvalue weighted by Gasteiger charge is -2.33. The van der Waals surface area contributed by atoms with Crippen molar-refractivity contribution in [3.8, 4) is 0 Å². The molecule has 0 spiro atoms. The van der Waals surface area contributed by atoms with Crippen LogP contribution in [-0.4, -0.2) is 52.9 Å². The third-order valence-corrected chi connectivity index (χ3v) is 5.42. The van der Waals surface area contributed by atoms with E-state index < -0.39 is 11.9 Å². The molecule has 0 saturated carbocycles. The smallest absolute Gasteiger partial charge is 0.247 e. The number of nitrogens with zero attached hydrogens (tertiary/aromatic N) is 2. The van der Waals surface area contributed by atoms with Gasteiger partial charge < -0.3 is 20.3 Å². The first-order chi connectivity index (χ1) is 16.3. The van der Waals surface area contributed by atoms with Crippen LogP contribution in [0.3, 0.4) is 0 Å². The average Bonchev–Trinajstić information content (AvgIpc) is 3.32. The molecule has 182 valence electrons. The van der Waals surface area contributed by atoms with Crippen LogP contribution < -0.4 is 10.6 Å². The molecule has 1 aliphatic rings. The molecule has 2 N–H and O–H groups in total. The van der Waals surface area contributed by atoms with E-state index in [0.29, 0.717) is 18.0 Å². The molecule has 9 heteroatoms. The fourth-order valence-electron chi connectivity index (χ4n) is 3.85. The summed E-state index contributed by atoms with van der Waals surface area (Å²) in [5, 5.41) is 5.52. The standard InChI is InChI=1S/C25H31FN4O4/c1-17(2)28-25(33)24(18-8-10-19(26)11-9-18)30(16-20-6-5-15-34-20)23(32)13-12-22(31)29-21-7-3-4-14-27-21/h3-4,7-11,14,17,20,24H,5-6,12-13,15-16H2,1-2H3,(H,28,33)(H,27,29,31)/t20-,24+/m0/s1. The molecule has 1 aliphatic heterocycles. The number of ether oxygens (including phenoxy) is 1. The number of carbonyl (C=O) groups is 3. The number of pyridine rings is 1. The van der Waals surface area contributed by atoms with Crippen LogP contribution in [0.4, 0.5) is 10.2 Å². The minimum absolute atomic E-state index is 0.0701. The SMILES string of the molecule is CC(C)NC(=O)[C@@H](c1ccc(F)cc1)N(C[C@@H]1CCCO1)C(=O)CCC(=O)Nc1ccccn1. The van der Waals surface area contributed by atoms with Gasteiger partial charge in [-0.05, 0) is 56.5 Å². The molecule has 2 aromatic rings. The van der Waals surface area contributed by atoms with Crippen molar-refractivity contribution in [1.29, 1.82) is 0 Å². The minimum atomic E-state index is -0.974. The minimum Gasteiger partial charge on any atom is -0.376 e. The van der Waals surface area contributed by atoms with E-state index in [1.165, 1.54) is 29.2 Å². The van der Waals surface area contributed by atoms with Gasteiger partial charge in [0.2, 0.25) is 17.7 Å². The highest BCUT2D eigenvalue weighted by Crippen LogP contribution is 2.26. The molecule has 0 bridgehead atoms. The van der Waals surface area contributed by atoms with Gasteiger partial charge in [-0.1, -0.05) is 18.2 Å². The van der Waals surface area contributed by atoms with Gasteiger partial charge in [-0.3, -0.25) is 14.4 Å². The van der Waals surface area contributed by atoms with Crippen LogP contribution in [0.15, 0.2) is 48.7 Å². The first-order valence-corrected chi connectivity index (χ1v) is 11.5. The number of benzene rings is 1. The summed E-state index contributed by atoms with van der Waals surface area (Å²) in [6.07, 6.45) is 2.83. The lowest BCUT2D eigenvalue weighted by molar-refractivity contribution is -0.143. The molecule has 0 aliphatic carbocycles. The predicted octanol–water partition coefficient (Wildman–Crippen LogP) is 3.21. The summed E-state index contributed by atoms with van der Waals surface area (Å²) in [5.74, 6) is -1.12. The molecule has 3 rings (SSSR count). The summed E-state index contributed by atoms with van der Waals surface area (Å²) in [6, 6.07) is 9.55. The number of amides is 3. The van der Waals surface area contributed by atoms with Crippen LogP contribution in [0, 0.1) is 5.82 Å².